The summed E-state index contributed by atoms with van der Waals surface area (Å²) < 4.78 is 5.48. The highest BCUT2D eigenvalue weighted by Gasteiger charge is 2.16. The molecule has 2 heterocycles. The smallest absolute Gasteiger partial charge is 0.238 e. The minimum Gasteiger partial charge on any atom is -0.378 e. The number of carbonyl (C=O) groups excluding carboxylic acids is 1. The van der Waals surface area contributed by atoms with E-state index in [4.69, 9.17) is 4.74 Å². The summed E-state index contributed by atoms with van der Waals surface area (Å²) in [6, 6.07) is 16.7. The number of rotatable bonds is 7. The van der Waals surface area contributed by atoms with E-state index >= 15 is 0 Å². The molecule has 0 saturated carbocycles. The van der Waals surface area contributed by atoms with E-state index in [2.05, 4.69) is 56.4 Å². The van der Waals surface area contributed by atoms with Crippen LogP contribution in [0.4, 0.5) is 17.1 Å². The van der Waals surface area contributed by atoms with E-state index in [1.54, 1.807) is 0 Å². The van der Waals surface area contributed by atoms with Gasteiger partial charge in [-0.25, -0.2) is 0 Å². The number of nitrogens with one attached hydrogen (secondary N) is 1. The molecule has 0 atom stereocenters. The van der Waals surface area contributed by atoms with E-state index in [9.17, 15) is 4.79 Å². The van der Waals surface area contributed by atoms with Crippen molar-refractivity contribution in [2.24, 2.45) is 0 Å². The van der Waals surface area contributed by atoms with Gasteiger partial charge in [-0.2, -0.15) is 0 Å². The lowest BCUT2D eigenvalue weighted by Gasteiger charge is -2.31. The molecule has 0 radical (unpaired) electrons. The van der Waals surface area contributed by atoms with Crippen molar-refractivity contribution in [3.63, 3.8) is 0 Å². The van der Waals surface area contributed by atoms with Crippen molar-refractivity contribution in [2.75, 3.05) is 68.1 Å². The molecule has 0 spiro atoms. The summed E-state index contributed by atoms with van der Waals surface area (Å²) in [6.07, 6.45) is 2.53. The fourth-order valence-corrected chi connectivity index (χ4v) is 4.28. The first-order chi connectivity index (χ1) is 14.7. The topological polar surface area (TPSA) is 48.1 Å². The lowest BCUT2D eigenvalue weighted by Crippen LogP contribution is -2.37. The summed E-state index contributed by atoms with van der Waals surface area (Å²) in [5, 5.41) is 3.03. The quantitative estimate of drug-likeness (QED) is 0.763. The Morgan fingerprint density at radius 2 is 1.67 bits per heavy atom. The fourth-order valence-electron chi connectivity index (χ4n) is 4.28. The molecule has 2 fully saturated rings. The average molecular weight is 409 g/mol. The Morgan fingerprint density at radius 1 is 0.967 bits per heavy atom. The Morgan fingerprint density at radius 3 is 2.40 bits per heavy atom. The van der Waals surface area contributed by atoms with Crippen molar-refractivity contribution in [1.82, 2.24) is 4.90 Å². The van der Waals surface area contributed by atoms with Crippen molar-refractivity contribution in [1.29, 1.82) is 0 Å². The molecule has 0 bridgehead atoms. The van der Waals surface area contributed by atoms with Crippen molar-refractivity contribution in [3.8, 4) is 0 Å². The number of ether oxygens (including phenoxy) is 1. The monoisotopic (exact) mass is 408 g/mol. The number of morpholine rings is 1. The van der Waals surface area contributed by atoms with Crippen molar-refractivity contribution in [2.45, 2.75) is 19.4 Å². The summed E-state index contributed by atoms with van der Waals surface area (Å²) in [4.78, 5) is 19.4. The van der Waals surface area contributed by atoms with E-state index < -0.39 is 0 Å². The molecule has 160 valence electrons. The van der Waals surface area contributed by atoms with Crippen molar-refractivity contribution < 1.29 is 9.53 Å². The predicted molar refractivity (Wildman–Crippen MR) is 122 cm³/mol. The van der Waals surface area contributed by atoms with Gasteiger partial charge in [0.1, 0.15) is 0 Å². The number of nitrogens with zero attached hydrogens (tertiary/aromatic N) is 3. The van der Waals surface area contributed by atoms with Crippen LogP contribution < -0.4 is 15.1 Å². The van der Waals surface area contributed by atoms with Gasteiger partial charge in [0.05, 0.1) is 19.8 Å². The first-order valence-corrected chi connectivity index (χ1v) is 10.9. The average Bonchev–Trinajstić information content (AvgIpc) is 3.30. The molecule has 6 heteroatoms. The largest absolute Gasteiger partial charge is 0.378 e. The number of benzene rings is 2. The number of likely N-dealkylation sites (N-methyl/N-ethyl adjacent to an activating group) is 1. The summed E-state index contributed by atoms with van der Waals surface area (Å²) in [5.41, 5.74) is 4.57. The number of para-hydroxylation sites is 1. The van der Waals surface area contributed by atoms with Gasteiger partial charge >= 0.3 is 0 Å². The van der Waals surface area contributed by atoms with Gasteiger partial charge in [0.15, 0.2) is 0 Å². The second kappa shape index (κ2) is 9.96. The molecular weight excluding hydrogens is 376 g/mol. The molecule has 2 aliphatic heterocycles. The zero-order valence-corrected chi connectivity index (χ0v) is 17.8. The Hall–Kier alpha value is -2.57. The predicted octanol–water partition coefficient (Wildman–Crippen LogP) is 3.19. The molecule has 1 N–H and O–H groups in total. The van der Waals surface area contributed by atoms with Crippen LogP contribution >= 0.6 is 0 Å². The van der Waals surface area contributed by atoms with Gasteiger partial charge in [-0.3, -0.25) is 9.69 Å². The highest BCUT2D eigenvalue weighted by molar-refractivity contribution is 5.92. The van der Waals surface area contributed by atoms with Crippen molar-refractivity contribution in [3.05, 3.63) is 54.1 Å². The molecule has 0 unspecified atom stereocenters. The van der Waals surface area contributed by atoms with Crippen LogP contribution in [0.2, 0.25) is 0 Å². The molecule has 0 aromatic heterocycles. The number of amides is 1. The molecule has 4 rings (SSSR count). The van der Waals surface area contributed by atoms with Crippen LogP contribution in [0.3, 0.4) is 0 Å². The maximum atomic E-state index is 12.6. The number of hydrogen-bond donors (Lipinski definition) is 1. The normalized spacial score (nSPS) is 16.9. The van der Waals surface area contributed by atoms with E-state index in [-0.39, 0.29) is 5.91 Å². The summed E-state index contributed by atoms with van der Waals surface area (Å²) >= 11 is 0. The third-order valence-electron chi connectivity index (χ3n) is 5.82. The Kier molecular flexibility index (Phi) is 6.87. The van der Waals surface area contributed by atoms with Crippen LogP contribution in [-0.4, -0.2) is 63.8 Å². The lowest BCUT2D eigenvalue weighted by molar-refractivity contribution is -0.117. The van der Waals surface area contributed by atoms with Gasteiger partial charge < -0.3 is 19.9 Å². The van der Waals surface area contributed by atoms with E-state index in [1.807, 2.05) is 19.2 Å². The second-order valence-corrected chi connectivity index (χ2v) is 8.19. The van der Waals surface area contributed by atoms with E-state index in [0.717, 1.165) is 51.6 Å². The molecule has 2 aromatic rings. The molecule has 2 saturated heterocycles. The second-order valence-electron chi connectivity index (χ2n) is 8.19. The van der Waals surface area contributed by atoms with Gasteiger partial charge in [0, 0.05) is 49.8 Å². The first kappa shape index (κ1) is 20.7. The number of carbonyl (C=O) groups is 1. The van der Waals surface area contributed by atoms with Crippen LogP contribution in [-0.2, 0) is 16.1 Å². The highest BCUT2D eigenvalue weighted by Crippen LogP contribution is 2.23. The molecule has 2 aliphatic rings. The standard InChI is InChI=1S/C24H32N4O2/c1-26(18-20-6-2-3-7-23(20)28-14-16-30-17-15-28)19-24(29)25-21-8-10-22(11-9-21)27-12-4-5-13-27/h2-3,6-11H,4-5,12-19H2,1H3,(H,25,29). The van der Waals surface area contributed by atoms with Crippen LogP contribution in [0.15, 0.2) is 48.5 Å². The van der Waals surface area contributed by atoms with Gasteiger partial charge in [-0.05, 0) is 55.8 Å². The molecule has 6 nitrogen and oxygen atoms in total. The van der Waals surface area contributed by atoms with E-state index in [1.165, 1.54) is 29.8 Å². The summed E-state index contributed by atoms with van der Waals surface area (Å²) in [7, 11) is 1.99. The molecular formula is C24H32N4O2. The Bertz CT molecular complexity index is 827. The number of hydrogen-bond acceptors (Lipinski definition) is 5. The first-order valence-electron chi connectivity index (χ1n) is 10.9. The minimum atomic E-state index is 0.00951. The molecule has 30 heavy (non-hydrogen) atoms. The lowest BCUT2D eigenvalue weighted by atomic mass is 10.1. The van der Waals surface area contributed by atoms with Gasteiger partial charge in [0.2, 0.25) is 5.91 Å². The molecule has 1 amide bonds. The van der Waals surface area contributed by atoms with Gasteiger partial charge in [-0.1, -0.05) is 18.2 Å². The minimum absolute atomic E-state index is 0.00951. The zero-order valence-electron chi connectivity index (χ0n) is 17.8. The molecule has 2 aromatic carbocycles. The Labute approximate surface area is 179 Å². The third-order valence-corrected chi connectivity index (χ3v) is 5.82. The van der Waals surface area contributed by atoms with Crippen LogP contribution in [0.5, 0.6) is 0 Å². The maximum absolute atomic E-state index is 12.6. The maximum Gasteiger partial charge on any atom is 0.238 e. The van der Waals surface area contributed by atoms with Gasteiger partial charge in [-0.15, -0.1) is 0 Å². The summed E-state index contributed by atoms with van der Waals surface area (Å²) in [6.45, 7) is 6.69. The van der Waals surface area contributed by atoms with Crippen LogP contribution in [0.1, 0.15) is 18.4 Å². The van der Waals surface area contributed by atoms with Gasteiger partial charge in [0.25, 0.3) is 0 Å². The SMILES string of the molecule is CN(CC(=O)Nc1ccc(N2CCCC2)cc1)Cc1ccccc1N1CCOCC1. The Balaban J connectivity index is 1.31. The summed E-state index contributed by atoms with van der Waals surface area (Å²) in [5.74, 6) is 0.00951. The molecule has 0 aliphatic carbocycles. The van der Waals surface area contributed by atoms with E-state index in [0.29, 0.717) is 6.54 Å². The third kappa shape index (κ3) is 5.32. The van der Waals surface area contributed by atoms with Crippen LogP contribution in [0, 0.1) is 0 Å². The highest BCUT2D eigenvalue weighted by atomic mass is 16.5. The van der Waals surface area contributed by atoms with Crippen molar-refractivity contribution >= 4 is 23.0 Å². The fraction of sp³-hybridized carbons (Fsp3) is 0.458. The number of anilines is 3. The zero-order chi connectivity index (χ0) is 20.8. The van der Waals surface area contributed by atoms with Crippen LogP contribution in [0.25, 0.3) is 0 Å².